The molecule has 2 aromatic carbocycles. The van der Waals surface area contributed by atoms with Gasteiger partial charge in [0, 0.05) is 55.5 Å². The number of nitro benzene ring substituents is 1. The van der Waals surface area contributed by atoms with Gasteiger partial charge in [-0.05, 0) is 50.1 Å². The molecule has 1 saturated heterocycles. The Morgan fingerprint density at radius 1 is 1.08 bits per heavy atom. The zero-order valence-corrected chi connectivity index (χ0v) is 21.3. The lowest BCUT2D eigenvalue weighted by atomic mass is 10.0. The lowest BCUT2D eigenvalue weighted by molar-refractivity contribution is -0.384. The van der Waals surface area contributed by atoms with Crippen molar-refractivity contribution in [2.75, 3.05) is 38.2 Å². The molecule has 0 saturated carbocycles. The average molecular weight is 510 g/mol. The number of carbonyl (C=O) groups excluding carboxylic acids is 1. The third-order valence-electron chi connectivity index (χ3n) is 6.32. The Morgan fingerprint density at radius 2 is 1.83 bits per heavy atom. The predicted molar refractivity (Wildman–Crippen MR) is 138 cm³/mol. The Kier molecular flexibility index (Phi) is 7.69. The minimum Gasteiger partial charge on any atom is -0.497 e. The van der Waals surface area contributed by atoms with Crippen LogP contribution in [0.15, 0.2) is 42.5 Å². The summed E-state index contributed by atoms with van der Waals surface area (Å²) < 4.78 is 5.27. The van der Waals surface area contributed by atoms with Crippen LogP contribution in [-0.4, -0.2) is 59.0 Å². The molecular weight excluding hydrogens is 482 g/mol. The zero-order valence-electron chi connectivity index (χ0n) is 20.5. The molecule has 36 heavy (non-hydrogen) atoms. The summed E-state index contributed by atoms with van der Waals surface area (Å²) in [5.41, 5.74) is 3.10. The summed E-state index contributed by atoms with van der Waals surface area (Å²) >= 11 is 5.92. The van der Waals surface area contributed by atoms with Gasteiger partial charge in [0.2, 0.25) is 0 Å². The van der Waals surface area contributed by atoms with Gasteiger partial charge < -0.3 is 14.5 Å². The second kappa shape index (κ2) is 10.9. The molecule has 1 amide bonds. The number of rotatable bonds is 6. The van der Waals surface area contributed by atoms with Crippen molar-refractivity contribution in [2.24, 2.45) is 0 Å². The third kappa shape index (κ3) is 5.57. The number of hydrogen-bond acceptors (Lipinski definition) is 7. The molecule has 0 radical (unpaired) electrons. The monoisotopic (exact) mass is 509 g/mol. The molecule has 2 heterocycles. The molecule has 10 heteroatoms. The standard InChI is InChI=1S/C26H28ClN5O4/c1-17-22(15-19-5-8-21(36-3)9-6-19)25(29-18(2)28-17)30-11-4-12-31(14-13-30)26(33)20-7-10-23(27)24(16-20)32(34)35/h5-10,16H,4,11-15H2,1-3H3. The summed E-state index contributed by atoms with van der Waals surface area (Å²) in [4.78, 5) is 37.2. The second-order valence-corrected chi connectivity index (χ2v) is 9.15. The van der Waals surface area contributed by atoms with E-state index < -0.39 is 4.92 Å². The molecule has 0 spiro atoms. The number of amides is 1. The normalized spacial score (nSPS) is 13.9. The largest absolute Gasteiger partial charge is 0.497 e. The molecule has 1 aliphatic rings. The highest BCUT2D eigenvalue weighted by Crippen LogP contribution is 2.28. The van der Waals surface area contributed by atoms with E-state index in [0.29, 0.717) is 31.9 Å². The fourth-order valence-electron chi connectivity index (χ4n) is 4.43. The number of nitro groups is 1. The molecule has 9 nitrogen and oxygen atoms in total. The van der Waals surface area contributed by atoms with E-state index in [1.165, 1.54) is 18.2 Å². The number of anilines is 1. The summed E-state index contributed by atoms with van der Waals surface area (Å²) in [6.07, 6.45) is 1.42. The van der Waals surface area contributed by atoms with Crippen molar-refractivity contribution < 1.29 is 14.5 Å². The van der Waals surface area contributed by atoms with Crippen LogP contribution in [0.2, 0.25) is 5.02 Å². The lowest BCUT2D eigenvalue weighted by Gasteiger charge is -2.26. The molecular formula is C26H28ClN5O4. The highest BCUT2D eigenvalue weighted by molar-refractivity contribution is 6.32. The lowest BCUT2D eigenvalue weighted by Crippen LogP contribution is -2.35. The maximum absolute atomic E-state index is 13.2. The molecule has 0 N–H and O–H groups in total. The number of aryl methyl sites for hydroxylation is 2. The summed E-state index contributed by atoms with van der Waals surface area (Å²) in [6.45, 7) is 6.22. The number of aromatic nitrogens is 2. The number of carbonyl (C=O) groups is 1. The van der Waals surface area contributed by atoms with Crippen molar-refractivity contribution in [1.82, 2.24) is 14.9 Å². The number of benzene rings is 2. The number of hydrogen-bond donors (Lipinski definition) is 0. The molecule has 0 aliphatic carbocycles. The highest BCUT2D eigenvalue weighted by atomic mass is 35.5. The number of ether oxygens (including phenoxy) is 1. The van der Waals surface area contributed by atoms with Crippen molar-refractivity contribution >= 4 is 29.0 Å². The quantitative estimate of drug-likeness (QED) is 0.353. The van der Waals surface area contributed by atoms with E-state index in [1.807, 2.05) is 38.1 Å². The van der Waals surface area contributed by atoms with Gasteiger partial charge in [0.15, 0.2) is 0 Å². The maximum atomic E-state index is 13.2. The van der Waals surface area contributed by atoms with Crippen LogP contribution >= 0.6 is 11.6 Å². The Bertz CT molecular complexity index is 1280. The Morgan fingerprint density at radius 3 is 2.53 bits per heavy atom. The molecule has 1 aromatic heterocycles. The van der Waals surface area contributed by atoms with Crippen molar-refractivity contribution in [3.05, 3.63) is 85.8 Å². The Balaban J connectivity index is 1.55. The summed E-state index contributed by atoms with van der Waals surface area (Å²) in [6, 6.07) is 12.1. The first-order valence-electron chi connectivity index (χ1n) is 11.7. The van der Waals surface area contributed by atoms with Crippen LogP contribution in [0.25, 0.3) is 0 Å². The first-order chi connectivity index (χ1) is 17.3. The van der Waals surface area contributed by atoms with Gasteiger partial charge in [-0.1, -0.05) is 23.7 Å². The van der Waals surface area contributed by atoms with Crippen molar-refractivity contribution in [3.63, 3.8) is 0 Å². The molecule has 0 unspecified atom stereocenters. The number of methoxy groups -OCH3 is 1. The molecule has 4 rings (SSSR count). The van der Waals surface area contributed by atoms with Crippen molar-refractivity contribution in [1.29, 1.82) is 0 Å². The van der Waals surface area contributed by atoms with Crippen LogP contribution in [0, 0.1) is 24.0 Å². The smallest absolute Gasteiger partial charge is 0.288 e. The van der Waals surface area contributed by atoms with E-state index in [4.69, 9.17) is 21.3 Å². The minimum atomic E-state index is -0.576. The van der Waals surface area contributed by atoms with Gasteiger partial charge in [-0.2, -0.15) is 0 Å². The average Bonchev–Trinajstić information content (AvgIpc) is 3.12. The van der Waals surface area contributed by atoms with Crippen LogP contribution in [0.5, 0.6) is 5.75 Å². The fourth-order valence-corrected chi connectivity index (χ4v) is 4.62. The molecule has 3 aromatic rings. The molecule has 1 aliphatic heterocycles. The van der Waals surface area contributed by atoms with E-state index in [1.54, 1.807) is 12.0 Å². The van der Waals surface area contributed by atoms with Crippen molar-refractivity contribution in [2.45, 2.75) is 26.7 Å². The van der Waals surface area contributed by atoms with Gasteiger partial charge in [0.05, 0.1) is 12.0 Å². The Labute approximate surface area is 214 Å². The third-order valence-corrected chi connectivity index (χ3v) is 6.64. The van der Waals surface area contributed by atoms with Gasteiger partial charge in [0.25, 0.3) is 11.6 Å². The predicted octanol–water partition coefficient (Wildman–Crippen LogP) is 4.61. The summed E-state index contributed by atoms with van der Waals surface area (Å²) in [7, 11) is 1.65. The van der Waals surface area contributed by atoms with Crippen molar-refractivity contribution in [3.8, 4) is 5.75 Å². The van der Waals surface area contributed by atoms with Gasteiger partial charge in [0.1, 0.15) is 22.4 Å². The van der Waals surface area contributed by atoms with Crippen LogP contribution in [0.3, 0.4) is 0 Å². The molecule has 0 atom stereocenters. The van der Waals surface area contributed by atoms with Crippen LogP contribution in [0.4, 0.5) is 11.5 Å². The zero-order chi connectivity index (χ0) is 25.8. The molecule has 188 valence electrons. The first-order valence-corrected chi connectivity index (χ1v) is 12.1. The molecule has 0 bridgehead atoms. The van der Waals surface area contributed by atoms with E-state index >= 15 is 0 Å². The van der Waals surface area contributed by atoms with Crippen LogP contribution < -0.4 is 9.64 Å². The van der Waals surface area contributed by atoms with Gasteiger partial charge in [-0.3, -0.25) is 14.9 Å². The van der Waals surface area contributed by atoms with E-state index in [0.717, 1.165) is 41.4 Å². The minimum absolute atomic E-state index is 0.0116. The first kappa shape index (κ1) is 25.4. The van der Waals surface area contributed by atoms with Crippen LogP contribution in [-0.2, 0) is 6.42 Å². The second-order valence-electron chi connectivity index (χ2n) is 8.74. The summed E-state index contributed by atoms with van der Waals surface area (Å²) in [5, 5.41) is 11.3. The van der Waals surface area contributed by atoms with E-state index in [9.17, 15) is 14.9 Å². The SMILES string of the molecule is COc1ccc(Cc2c(C)nc(C)nc2N2CCCN(C(=O)c3ccc(Cl)c([N+](=O)[O-])c3)CC2)cc1. The van der Waals surface area contributed by atoms with Gasteiger partial charge >= 0.3 is 0 Å². The van der Waals surface area contributed by atoms with Gasteiger partial charge in [-0.25, -0.2) is 9.97 Å². The van der Waals surface area contributed by atoms with Crippen LogP contribution in [0.1, 0.15) is 39.4 Å². The van der Waals surface area contributed by atoms with E-state index in [2.05, 4.69) is 9.88 Å². The topological polar surface area (TPSA) is 102 Å². The highest BCUT2D eigenvalue weighted by Gasteiger charge is 2.25. The fraction of sp³-hybridized carbons (Fsp3) is 0.346. The summed E-state index contributed by atoms with van der Waals surface area (Å²) in [5.74, 6) is 2.14. The number of halogens is 1. The van der Waals surface area contributed by atoms with Gasteiger partial charge in [-0.15, -0.1) is 0 Å². The van der Waals surface area contributed by atoms with E-state index in [-0.39, 0.29) is 22.2 Å². The molecule has 1 fully saturated rings. The Hall–Kier alpha value is -3.72. The maximum Gasteiger partial charge on any atom is 0.288 e. The number of nitrogens with zero attached hydrogens (tertiary/aromatic N) is 5.